The number of halogens is 4. The van der Waals surface area contributed by atoms with Crippen LogP contribution in [0.2, 0.25) is 15.1 Å². The molecule has 0 spiro atoms. The van der Waals surface area contributed by atoms with Crippen molar-refractivity contribution in [1.29, 1.82) is 0 Å². The molecule has 1 aliphatic carbocycles. The minimum absolute atomic E-state index is 0.00165. The van der Waals surface area contributed by atoms with Crippen molar-refractivity contribution in [1.82, 2.24) is 19.8 Å². The van der Waals surface area contributed by atoms with Gasteiger partial charge in [0.15, 0.2) is 0 Å². The molecule has 3 aromatic rings. The van der Waals surface area contributed by atoms with Gasteiger partial charge in [0.1, 0.15) is 16.5 Å². The number of allylic oxidation sites excluding steroid dienone is 1. The van der Waals surface area contributed by atoms with Crippen LogP contribution in [0.1, 0.15) is 29.7 Å². The maximum Gasteiger partial charge on any atom is 0.329 e. The van der Waals surface area contributed by atoms with Crippen LogP contribution in [0, 0.1) is 0 Å². The van der Waals surface area contributed by atoms with Crippen LogP contribution in [-0.4, -0.2) is 37.9 Å². The molecule has 0 radical (unpaired) electrons. The summed E-state index contributed by atoms with van der Waals surface area (Å²) in [5.41, 5.74) is 2.65. The van der Waals surface area contributed by atoms with Crippen molar-refractivity contribution < 1.29 is 22.3 Å². The number of aromatic nitrogens is 2. The van der Waals surface area contributed by atoms with Gasteiger partial charge in [-0.1, -0.05) is 40.9 Å². The molecule has 0 saturated heterocycles. The summed E-state index contributed by atoms with van der Waals surface area (Å²) in [5, 5.41) is 7.79. The molecular weight excluding hydrogens is 566 g/mol. The Morgan fingerprint density at radius 3 is 2.59 bits per heavy atom. The van der Waals surface area contributed by atoms with E-state index in [0.29, 0.717) is 40.7 Å². The smallest absolute Gasteiger partial charge is 0.329 e. The minimum atomic E-state index is -4.33. The van der Waals surface area contributed by atoms with Crippen molar-refractivity contribution in [3.05, 3.63) is 80.3 Å². The van der Waals surface area contributed by atoms with Crippen LogP contribution in [0.15, 0.2) is 53.3 Å². The maximum absolute atomic E-state index is 15.3. The molecule has 0 unspecified atom stereocenters. The van der Waals surface area contributed by atoms with E-state index in [4.69, 9.17) is 39.5 Å². The number of benzene rings is 2. The zero-order valence-electron chi connectivity index (χ0n) is 19.5. The molecule has 0 atom stereocenters. The fourth-order valence-electron chi connectivity index (χ4n) is 4.06. The first-order chi connectivity index (χ1) is 17.6. The molecule has 1 aliphatic rings. The molecule has 1 aromatic heterocycles. The number of hydrogen-bond acceptors (Lipinski definition) is 5. The van der Waals surface area contributed by atoms with Crippen molar-refractivity contribution >= 4 is 56.4 Å². The molecule has 0 fully saturated rings. The average Bonchev–Trinajstić information content (AvgIpc) is 3.27. The fraction of sp³-hybridized carbons (Fsp3) is 0.250. The molecule has 0 saturated carbocycles. The van der Waals surface area contributed by atoms with Crippen LogP contribution in [0.5, 0.6) is 5.75 Å². The number of amides is 2. The third-order valence-corrected chi connectivity index (χ3v) is 7.96. The molecule has 2 amide bonds. The summed E-state index contributed by atoms with van der Waals surface area (Å²) in [4.78, 5) is 12.0. The lowest BCUT2D eigenvalue weighted by Crippen LogP contribution is -2.40. The molecule has 2 N–H and O–H groups in total. The Labute approximate surface area is 228 Å². The Balaban J connectivity index is 1.51. The summed E-state index contributed by atoms with van der Waals surface area (Å²) in [6.45, 7) is -0.217. The van der Waals surface area contributed by atoms with E-state index in [0.717, 1.165) is 23.6 Å². The van der Waals surface area contributed by atoms with Gasteiger partial charge in [-0.15, -0.1) is 0 Å². The van der Waals surface area contributed by atoms with Crippen molar-refractivity contribution in [3.8, 4) is 5.75 Å². The molecule has 2 aromatic carbocycles. The topological polar surface area (TPSA) is 102 Å². The van der Waals surface area contributed by atoms with Crippen LogP contribution >= 0.6 is 34.8 Å². The van der Waals surface area contributed by atoms with E-state index in [-0.39, 0.29) is 15.7 Å². The summed E-state index contributed by atoms with van der Waals surface area (Å²) >= 11 is 18.2. The molecular formula is C24H22Cl3FN4O4S. The predicted octanol–water partition coefficient (Wildman–Crippen LogP) is 5.61. The van der Waals surface area contributed by atoms with E-state index in [1.54, 1.807) is 29.1 Å². The lowest BCUT2D eigenvalue weighted by Gasteiger charge is -2.19. The zero-order valence-corrected chi connectivity index (χ0v) is 22.6. The van der Waals surface area contributed by atoms with Crippen LogP contribution in [0.3, 0.4) is 0 Å². The highest BCUT2D eigenvalue weighted by molar-refractivity contribution is 7.90. The first-order valence-electron chi connectivity index (χ1n) is 11.1. The summed E-state index contributed by atoms with van der Waals surface area (Å²) in [6.07, 6.45) is 3.56. The average molecular weight is 588 g/mol. The number of fused-ring (bicyclic) bond motifs is 1. The fourth-order valence-corrected chi connectivity index (χ4v) is 5.89. The quantitative estimate of drug-likeness (QED) is 0.374. The number of rotatable bonds is 7. The lowest BCUT2D eigenvalue weighted by molar-refractivity contribution is 0.246. The first kappa shape index (κ1) is 27.3. The number of ether oxygens (including phenoxy) is 1. The second-order valence-electron chi connectivity index (χ2n) is 8.23. The van der Waals surface area contributed by atoms with Crippen LogP contribution in [-0.2, 0) is 23.0 Å². The summed E-state index contributed by atoms with van der Waals surface area (Å²) in [6, 6.07) is 7.98. The Morgan fingerprint density at radius 2 is 1.86 bits per heavy atom. The van der Waals surface area contributed by atoms with Gasteiger partial charge in [0.25, 0.3) is 10.0 Å². The summed E-state index contributed by atoms with van der Waals surface area (Å²) in [7, 11) is -3.05. The van der Waals surface area contributed by atoms with E-state index in [1.165, 1.54) is 19.2 Å². The van der Waals surface area contributed by atoms with Crippen LogP contribution in [0.4, 0.5) is 9.18 Å². The van der Waals surface area contributed by atoms with Gasteiger partial charge in [-0.2, -0.15) is 5.10 Å². The Bertz CT molecular complexity index is 1490. The van der Waals surface area contributed by atoms with Gasteiger partial charge in [0.2, 0.25) is 0 Å². The van der Waals surface area contributed by atoms with Gasteiger partial charge in [-0.05, 0) is 60.7 Å². The van der Waals surface area contributed by atoms with Gasteiger partial charge in [0.05, 0.1) is 32.1 Å². The number of sulfonamides is 1. The molecule has 37 heavy (non-hydrogen) atoms. The van der Waals surface area contributed by atoms with Gasteiger partial charge in [0, 0.05) is 20.6 Å². The molecule has 0 aliphatic heterocycles. The van der Waals surface area contributed by atoms with Crippen molar-refractivity contribution in [2.75, 3.05) is 13.7 Å². The van der Waals surface area contributed by atoms with Gasteiger partial charge in [-0.3, -0.25) is 4.68 Å². The van der Waals surface area contributed by atoms with E-state index < -0.39 is 28.4 Å². The predicted molar refractivity (Wildman–Crippen MR) is 140 cm³/mol. The van der Waals surface area contributed by atoms with Crippen LogP contribution in [0.25, 0.3) is 5.57 Å². The summed E-state index contributed by atoms with van der Waals surface area (Å²) in [5.74, 6) is -0.598. The number of urea groups is 1. The zero-order chi connectivity index (χ0) is 26.7. The number of carbonyl (C=O) groups is 1. The number of nitrogens with zero attached hydrogens (tertiary/aromatic N) is 2. The molecule has 8 nitrogen and oxygen atoms in total. The van der Waals surface area contributed by atoms with E-state index in [1.807, 2.05) is 4.72 Å². The largest absolute Gasteiger partial charge is 0.495 e. The van der Waals surface area contributed by atoms with E-state index in [9.17, 15) is 13.2 Å². The second-order valence-corrected chi connectivity index (χ2v) is 11.2. The maximum atomic E-state index is 15.3. The first-order valence-corrected chi connectivity index (χ1v) is 13.7. The normalized spacial score (nSPS) is 14.6. The highest BCUT2D eigenvalue weighted by atomic mass is 35.5. The van der Waals surface area contributed by atoms with Gasteiger partial charge in [-0.25, -0.2) is 22.3 Å². The standard InChI is InChI=1S/C24H22Cl3FN4O4S/c1-36-21-8-7-17(26)10-22(21)37(34,35)31-24(33)29-12-20(28)18-4-2-3-14-11-30-32(23(14)18)13-15-5-6-16(25)9-19(15)27/h5-11H,2-4,12-13H2,1H3,(H2,29,31,33)/b20-18-. The SMILES string of the molecule is COc1ccc(Cl)cc1S(=O)(=O)NC(=O)NC/C(F)=C1\CCCc2cnn(Cc3ccc(Cl)cc3Cl)c21. The van der Waals surface area contributed by atoms with Crippen molar-refractivity contribution in [2.24, 2.45) is 0 Å². The van der Waals surface area contributed by atoms with E-state index in [2.05, 4.69) is 10.4 Å². The number of hydrogen-bond donors (Lipinski definition) is 2. The lowest BCUT2D eigenvalue weighted by atomic mass is 9.92. The molecule has 13 heteroatoms. The third kappa shape index (κ3) is 6.20. The van der Waals surface area contributed by atoms with Crippen molar-refractivity contribution in [3.63, 3.8) is 0 Å². The van der Waals surface area contributed by atoms with Crippen LogP contribution < -0.4 is 14.8 Å². The molecule has 0 bridgehead atoms. The Morgan fingerprint density at radius 1 is 1.14 bits per heavy atom. The van der Waals surface area contributed by atoms with Gasteiger partial charge >= 0.3 is 6.03 Å². The monoisotopic (exact) mass is 586 g/mol. The Kier molecular flexibility index (Phi) is 8.33. The number of aryl methyl sites for hydroxylation is 1. The number of methoxy groups -OCH3 is 1. The summed E-state index contributed by atoms with van der Waals surface area (Å²) < 4.78 is 49.2. The Hall–Kier alpha value is -2.79. The van der Waals surface area contributed by atoms with E-state index >= 15 is 4.39 Å². The minimum Gasteiger partial charge on any atom is -0.495 e. The molecule has 1 heterocycles. The molecule has 196 valence electrons. The highest BCUT2D eigenvalue weighted by Gasteiger charge is 2.25. The third-order valence-electron chi connectivity index (χ3n) is 5.78. The number of carbonyl (C=O) groups excluding carboxylic acids is 1. The second kappa shape index (κ2) is 11.3. The van der Waals surface area contributed by atoms with Crippen molar-refractivity contribution in [2.45, 2.75) is 30.7 Å². The highest BCUT2D eigenvalue weighted by Crippen LogP contribution is 2.34. The number of nitrogens with one attached hydrogen (secondary N) is 2. The molecule has 4 rings (SSSR count). The van der Waals surface area contributed by atoms with Gasteiger partial charge < -0.3 is 10.1 Å².